The molecule has 1 aromatic rings. The SMILES string of the molecule is CC(C)(C)c1noc(CCCC(=O)NC2CC3CCC(C2)N3)n1.Cl. The molecule has 6 nitrogen and oxygen atoms in total. The van der Waals surface area contributed by atoms with E-state index in [0.29, 0.717) is 36.9 Å². The Balaban J connectivity index is 0.00000208. The van der Waals surface area contributed by atoms with Crippen LogP contribution in [-0.4, -0.2) is 34.2 Å². The molecule has 3 rings (SSSR count). The number of halogens is 1. The smallest absolute Gasteiger partial charge is 0.226 e. The molecule has 1 amide bonds. The molecule has 2 unspecified atom stereocenters. The van der Waals surface area contributed by atoms with Gasteiger partial charge in [0.2, 0.25) is 11.8 Å². The van der Waals surface area contributed by atoms with Crippen molar-refractivity contribution in [3.63, 3.8) is 0 Å². The van der Waals surface area contributed by atoms with Crippen molar-refractivity contribution < 1.29 is 9.32 Å². The standard InChI is InChI=1S/C17H28N4O2.ClH/c1-17(2,3)16-20-15(23-21-16)6-4-5-14(22)19-13-9-11-7-8-12(10-13)18-11;/h11-13,18H,4-10H2,1-3H3,(H,19,22);1H. The average molecular weight is 357 g/mol. The number of piperidine rings is 1. The third-order valence-corrected chi connectivity index (χ3v) is 4.77. The number of aryl methyl sites for hydroxylation is 1. The number of carbonyl (C=O) groups excluding carboxylic acids is 1. The summed E-state index contributed by atoms with van der Waals surface area (Å²) in [5.41, 5.74) is -0.104. The molecule has 2 aliphatic heterocycles. The minimum absolute atomic E-state index is 0. The van der Waals surface area contributed by atoms with Crippen LogP contribution in [0.4, 0.5) is 0 Å². The Bertz CT molecular complexity index is 543. The van der Waals surface area contributed by atoms with E-state index >= 15 is 0 Å². The predicted octanol–water partition coefficient (Wildman–Crippen LogP) is 2.51. The zero-order valence-corrected chi connectivity index (χ0v) is 15.6. The van der Waals surface area contributed by atoms with Gasteiger partial charge in [0.1, 0.15) is 0 Å². The zero-order chi connectivity index (χ0) is 16.4. The number of amides is 1. The summed E-state index contributed by atoms with van der Waals surface area (Å²) in [7, 11) is 0. The molecular weight excluding hydrogens is 328 g/mol. The van der Waals surface area contributed by atoms with Gasteiger partial charge < -0.3 is 15.2 Å². The molecule has 0 aromatic carbocycles. The lowest BCUT2D eigenvalue weighted by atomic mass is 9.96. The molecule has 0 radical (unpaired) electrons. The second kappa shape index (κ2) is 7.83. The van der Waals surface area contributed by atoms with Gasteiger partial charge >= 0.3 is 0 Å². The molecule has 2 saturated heterocycles. The molecule has 3 heterocycles. The van der Waals surface area contributed by atoms with Gasteiger partial charge in [0.25, 0.3) is 0 Å². The molecule has 136 valence electrons. The average Bonchev–Trinajstić information content (AvgIpc) is 3.05. The maximum Gasteiger partial charge on any atom is 0.226 e. The van der Waals surface area contributed by atoms with Crippen LogP contribution in [0.5, 0.6) is 0 Å². The zero-order valence-electron chi connectivity index (χ0n) is 14.8. The minimum Gasteiger partial charge on any atom is -0.353 e. The Labute approximate surface area is 149 Å². The van der Waals surface area contributed by atoms with Crippen LogP contribution in [0.2, 0.25) is 0 Å². The van der Waals surface area contributed by atoms with Crippen molar-refractivity contribution in [3.05, 3.63) is 11.7 Å². The lowest BCUT2D eigenvalue weighted by Crippen LogP contribution is -2.48. The summed E-state index contributed by atoms with van der Waals surface area (Å²) >= 11 is 0. The normalized spacial score (nSPS) is 26.0. The topological polar surface area (TPSA) is 80.0 Å². The molecule has 0 saturated carbocycles. The van der Waals surface area contributed by atoms with E-state index in [-0.39, 0.29) is 23.7 Å². The molecule has 0 aliphatic carbocycles. The van der Waals surface area contributed by atoms with Crippen LogP contribution in [-0.2, 0) is 16.6 Å². The number of rotatable bonds is 5. The largest absolute Gasteiger partial charge is 0.353 e. The van der Waals surface area contributed by atoms with Gasteiger partial charge in [0, 0.05) is 36.4 Å². The number of nitrogens with zero attached hydrogens (tertiary/aromatic N) is 2. The van der Waals surface area contributed by atoms with Gasteiger partial charge in [0.15, 0.2) is 5.82 Å². The van der Waals surface area contributed by atoms with Crippen LogP contribution in [0.1, 0.15) is 71.0 Å². The summed E-state index contributed by atoms with van der Waals surface area (Å²) < 4.78 is 5.26. The van der Waals surface area contributed by atoms with Crippen molar-refractivity contribution in [3.8, 4) is 0 Å². The molecule has 2 bridgehead atoms. The van der Waals surface area contributed by atoms with Crippen molar-refractivity contribution in [2.45, 2.75) is 89.3 Å². The van der Waals surface area contributed by atoms with Gasteiger partial charge in [-0.1, -0.05) is 25.9 Å². The summed E-state index contributed by atoms with van der Waals surface area (Å²) in [6.45, 7) is 6.17. The second-order valence-corrected chi connectivity index (χ2v) is 7.99. The number of hydrogen-bond acceptors (Lipinski definition) is 5. The molecule has 0 spiro atoms. The Hall–Kier alpha value is -1.14. The van der Waals surface area contributed by atoms with Gasteiger partial charge in [-0.3, -0.25) is 4.79 Å². The van der Waals surface area contributed by atoms with Crippen LogP contribution >= 0.6 is 12.4 Å². The Kier molecular flexibility index (Phi) is 6.26. The number of hydrogen-bond donors (Lipinski definition) is 2. The summed E-state index contributed by atoms with van der Waals surface area (Å²) in [4.78, 5) is 16.5. The van der Waals surface area contributed by atoms with Crippen LogP contribution < -0.4 is 10.6 Å². The van der Waals surface area contributed by atoms with Crippen molar-refractivity contribution in [2.75, 3.05) is 0 Å². The number of carbonyl (C=O) groups is 1. The second-order valence-electron chi connectivity index (χ2n) is 7.99. The monoisotopic (exact) mass is 356 g/mol. The summed E-state index contributed by atoms with van der Waals surface area (Å²) in [5.74, 6) is 1.50. The predicted molar refractivity (Wildman–Crippen MR) is 94.3 cm³/mol. The highest BCUT2D eigenvalue weighted by atomic mass is 35.5. The molecule has 2 fully saturated rings. The minimum atomic E-state index is -0.104. The Morgan fingerprint density at radius 3 is 2.54 bits per heavy atom. The van der Waals surface area contributed by atoms with Crippen LogP contribution in [0.25, 0.3) is 0 Å². The van der Waals surface area contributed by atoms with E-state index in [1.165, 1.54) is 12.8 Å². The van der Waals surface area contributed by atoms with E-state index in [0.717, 1.165) is 25.1 Å². The van der Waals surface area contributed by atoms with E-state index < -0.39 is 0 Å². The fourth-order valence-electron chi connectivity index (χ4n) is 3.54. The van der Waals surface area contributed by atoms with Crippen molar-refractivity contribution >= 4 is 18.3 Å². The molecule has 2 atom stereocenters. The number of nitrogens with one attached hydrogen (secondary N) is 2. The van der Waals surface area contributed by atoms with Gasteiger partial charge in [-0.15, -0.1) is 12.4 Å². The van der Waals surface area contributed by atoms with Crippen molar-refractivity contribution in [1.82, 2.24) is 20.8 Å². The van der Waals surface area contributed by atoms with Crippen LogP contribution in [0.15, 0.2) is 4.52 Å². The first-order valence-electron chi connectivity index (χ1n) is 8.78. The van der Waals surface area contributed by atoms with E-state index in [2.05, 4.69) is 41.5 Å². The van der Waals surface area contributed by atoms with Crippen molar-refractivity contribution in [2.24, 2.45) is 0 Å². The van der Waals surface area contributed by atoms with Gasteiger partial charge in [-0.2, -0.15) is 4.98 Å². The lowest BCUT2D eigenvalue weighted by molar-refractivity contribution is -0.122. The van der Waals surface area contributed by atoms with Gasteiger partial charge in [-0.25, -0.2) is 0 Å². The highest BCUT2D eigenvalue weighted by Crippen LogP contribution is 2.26. The highest BCUT2D eigenvalue weighted by molar-refractivity contribution is 5.85. The summed E-state index contributed by atoms with van der Waals surface area (Å²) in [5, 5.41) is 10.8. The first-order valence-corrected chi connectivity index (χ1v) is 8.78. The Morgan fingerprint density at radius 2 is 1.96 bits per heavy atom. The molecule has 1 aromatic heterocycles. The lowest BCUT2D eigenvalue weighted by Gasteiger charge is -2.29. The molecule has 2 aliphatic rings. The number of aromatic nitrogens is 2. The fourth-order valence-corrected chi connectivity index (χ4v) is 3.54. The molecule has 24 heavy (non-hydrogen) atoms. The van der Waals surface area contributed by atoms with E-state index in [4.69, 9.17) is 4.52 Å². The highest BCUT2D eigenvalue weighted by Gasteiger charge is 2.33. The summed E-state index contributed by atoms with van der Waals surface area (Å²) in [6.07, 6.45) is 6.58. The van der Waals surface area contributed by atoms with Gasteiger partial charge in [0.05, 0.1) is 0 Å². The maximum absolute atomic E-state index is 12.1. The van der Waals surface area contributed by atoms with E-state index in [1.54, 1.807) is 0 Å². The van der Waals surface area contributed by atoms with Crippen LogP contribution in [0.3, 0.4) is 0 Å². The molecular formula is C17H29ClN4O2. The third-order valence-electron chi connectivity index (χ3n) is 4.77. The quantitative estimate of drug-likeness (QED) is 0.847. The maximum atomic E-state index is 12.1. The first-order chi connectivity index (χ1) is 10.9. The molecule has 2 N–H and O–H groups in total. The van der Waals surface area contributed by atoms with E-state index in [1.807, 2.05) is 0 Å². The fraction of sp³-hybridized carbons (Fsp3) is 0.824. The molecule has 7 heteroatoms. The van der Waals surface area contributed by atoms with E-state index in [9.17, 15) is 4.79 Å². The summed E-state index contributed by atoms with van der Waals surface area (Å²) in [6, 6.07) is 1.55. The third kappa shape index (κ3) is 4.93. The van der Waals surface area contributed by atoms with Gasteiger partial charge in [-0.05, 0) is 32.1 Å². The first kappa shape index (κ1) is 19.2. The number of fused-ring (bicyclic) bond motifs is 2. The van der Waals surface area contributed by atoms with Crippen molar-refractivity contribution in [1.29, 1.82) is 0 Å². The van der Waals surface area contributed by atoms with Crippen LogP contribution in [0, 0.1) is 0 Å². The Morgan fingerprint density at radius 1 is 1.29 bits per heavy atom.